The minimum absolute atomic E-state index is 0.412. The van der Waals surface area contributed by atoms with Gasteiger partial charge in [0.05, 0.1) is 12.1 Å². The van der Waals surface area contributed by atoms with Crippen LogP contribution in [0.15, 0.2) is 73.6 Å². The Morgan fingerprint density at radius 2 is 1.86 bits per heavy atom. The van der Waals surface area contributed by atoms with E-state index in [1.54, 1.807) is 24.8 Å². The maximum Gasteiger partial charge on any atom is 0.221 e. The highest BCUT2D eigenvalue weighted by Crippen LogP contribution is 2.31. The van der Waals surface area contributed by atoms with Crippen LogP contribution in [0.3, 0.4) is 0 Å². The van der Waals surface area contributed by atoms with E-state index in [-0.39, 0.29) is 0 Å². The lowest BCUT2D eigenvalue weighted by Gasteiger charge is -2.11. The van der Waals surface area contributed by atoms with Crippen LogP contribution in [-0.4, -0.2) is 36.5 Å². The summed E-state index contributed by atoms with van der Waals surface area (Å²) in [5, 5.41) is 11.4. The molecule has 3 aromatic rings. The predicted octanol–water partition coefficient (Wildman–Crippen LogP) is 3.85. The second kappa shape index (κ2) is 7.20. The van der Waals surface area contributed by atoms with Crippen molar-refractivity contribution in [3.63, 3.8) is 0 Å². The number of benzene rings is 1. The summed E-state index contributed by atoms with van der Waals surface area (Å²) in [6.07, 6.45) is 8.92. The van der Waals surface area contributed by atoms with Crippen molar-refractivity contribution in [3.8, 4) is 28.4 Å². The van der Waals surface area contributed by atoms with Gasteiger partial charge in [0, 0.05) is 53.3 Å². The highest BCUT2D eigenvalue weighted by Gasteiger charge is 2.16. The SMILES string of the molecule is On1cc(CCOc2ncccc2-c2cncnc2)cc2c3ccccc3nc1-2. The van der Waals surface area contributed by atoms with Gasteiger partial charge in [-0.1, -0.05) is 18.2 Å². The zero-order valence-corrected chi connectivity index (χ0v) is 15.4. The van der Waals surface area contributed by atoms with Gasteiger partial charge in [-0.05, 0) is 29.8 Å². The Bertz CT molecular complexity index is 1250. The number of pyridine rings is 2. The molecule has 0 atom stereocenters. The number of ether oxygens (including phenoxy) is 1. The quantitative estimate of drug-likeness (QED) is 0.464. The molecule has 0 spiro atoms. The Kier molecular flexibility index (Phi) is 4.25. The summed E-state index contributed by atoms with van der Waals surface area (Å²) in [7, 11) is 0. The monoisotopic (exact) mass is 383 g/mol. The molecule has 0 saturated carbocycles. The zero-order valence-electron chi connectivity index (χ0n) is 15.4. The standard InChI is InChI=1S/C22H17N5O2/c28-27-13-15(10-19-18-4-1-2-6-20(18)26-21(19)27)7-9-29-22-17(5-3-8-25-22)16-11-23-14-24-12-16/h1-6,8,10-14,28H,7,9H2. The maximum absolute atomic E-state index is 10.3. The van der Waals surface area contributed by atoms with E-state index in [1.807, 2.05) is 42.5 Å². The van der Waals surface area contributed by atoms with Crippen molar-refractivity contribution >= 4 is 10.9 Å². The van der Waals surface area contributed by atoms with Crippen LogP contribution < -0.4 is 4.74 Å². The van der Waals surface area contributed by atoms with Gasteiger partial charge in [0.15, 0.2) is 5.82 Å². The molecule has 2 aliphatic rings. The van der Waals surface area contributed by atoms with Gasteiger partial charge < -0.3 is 9.94 Å². The predicted molar refractivity (Wildman–Crippen MR) is 108 cm³/mol. The summed E-state index contributed by atoms with van der Waals surface area (Å²) >= 11 is 0. The Morgan fingerprint density at radius 3 is 2.76 bits per heavy atom. The van der Waals surface area contributed by atoms with Crippen molar-refractivity contribution in [3.05, 3.63) is 79.1 Å². The molecular formula is C22H17N5O2. The highest BCUT2D eigenvalue weighted by molar-refractivity contribution is 5.96. The Balaban J connectivity index is 1.38. The molecule has 0 fully saturated rings. The van der Waals surface area contributed by atoms with E-state index in [2.05, 4.69) is 19.9 Å². The van der Waals surface area contributed by atoms with E-state index in [0.717, 1.165) is 37.9 Å². The molecule has 2 aliphatic heterocycles. The number of aromatic nitrogens is 5. The first-order valence-electron chi connectivity index (χ1n) is 9.22. The number of hydrogen-bond acceptors (Lipinski definition) is 6. The first-order chi connectivity index (χ1) is 14.3. The zero-order chi connectivity index (χ0) is 19.6. The first-order valence-corrected chi connectivity index (χ1v) is 9.22. The second-order valence-corrected chi connectivity index (χ2v) is 6.64. The van der Waals surface area contributed by atoms with Crippen molar-refractivity contribution < 1.29 is 9.94 Å². The van der Waals surface area contributed by atoms with E-state index < -0.39 is 0 Å². The van der Waals surface area contributed by atoms with Crippen LogP contribution in [0.5, 0.6) is 5.88 Å². The Labute approximate surface area is 166 Å². The molecule has 29 heavy (non-hydrogen) atoms. The third kappa shape index (κ3) is 3.23. The average molecular weight is 383 g/mol. The van der Waals surface area contributed by atoms with Gasteiger partial charge in [0.2, 0.25) is 5.88 Å². The van der Waals surface area contributed by atoms with Crippen molar-refractivity contribution in [2.45, 2.75) is 6.42 Å². The summed E-state index contributed by atoms with van der Waals surface area (Å²) in [4.78, 5) is 16.9. The van der Waals surface area contributed by atoms with Crippen molar-refractivity contribution in [1.82, 2.24) is 24.7 Å². The number of hydrogen-bond donors (Lipinski definition) is 1. The van der Waals surface area contributed by atoms with Gasteiger partial charge in [-0.15, -0.1) is 0 Å². The molecule has 5 rings (SSSR count). The Hall–Kier alpha value is -4.00. The van der Waals surface area contributed by atoms with Crippen LogP contribution in [0.4, 0.5) is 0 Å². The van der Waals surface area contributed by atoms with Crippen LogP contribution >= 0.6 is 0 Å². The van der Waals surface area contributed by atoms with Gasteiger partial charge in [-0.2, -0.15) is 4.73 Å². The van der Waals surface area contributed by atoms with Gasteiger partial charge >= 0.3 is 0 Å². The van der Waals surface area contributed by atoms with E-state index >= 15 is 0 Å². The van der Waals surface area contributed by atoms with E-state index in [1.165, 1.54) is 6.33 Å². The normalized spacial score (nSPS) is 11.2. The topological polar surface area (TPSA) is 86.0 Å². The molecule has 2 aromatic heterocycles. The van der Waals surface area contributed by atoms with Crippen LogP contribution in [0.1, 0.15) is 5.56 Å². The maximum atomic E-state index is 10.3. The molecular weight excluding hydrogens is 366 g/mol. The molecule has 0 bridgehead atoms. The third-order valence-corrected chi connectivity index (χ3v) is 4.77. The molecule has 142 valence electrons. The fourth-order valence-corrected chi connectivity index (χ4v) is 3.42. The molecule has 0 saturated heterocycles. The molecule has 1 N–H and O–H groups in total. The molecule has 1 aromatic carbocycles. The number of nitrogens with zero attached hydrogens (tertiary/aromatic N) is 5. The fourth-order valence-electron chi connectivity index (χ4n) is 3.42. The van der Waals surface area contributed by atoms with Crippen LogP contribution in [0.2, 0.25) is 0 Å². The van der Waals surface area contributed by atoms with E-state index in [0.29, 0.717) is 24.7 Å². The second-order valence-electron chi connectivity index (χ2n) is 6.64. The third-order valence-electron chi connectivity index (χ3n) is 4.77. The van der Waals surface area contributed by atoms with Crippen molar-refractivity contribution in [2.24, 2.45) is 0 Å². The summed E-state index contributed by atoms with van der Waals surface area (Å²) in [6, 6.07) is 13.7. The van der Waals surface area contributed by atoms with Crippen molar-refractivity contribution in [2.75, 3.05) is 6.61 Å². The van der Waals surface area contributed by atoms with Crippen LogP contribution in [0.25, 0.3) is 33.4 Å². The molecule has 0 amide bonds. The first kappa shape index (κ1) is 17.1. The number of rotatable bonds is 5. The molecule has 0 unspecified atom stereocenters. The van der Waals surface area contributed by atoms with Gasteiger partial charge in [-0.3, -0.25) is 0 Å². The molecule has 4 heterocycles. The van der Waals surface area contributed by atoms with Crippen LogP contribution in [-0.2, 0) is 6.42 Å². The summed E-state index contributed by atoms with van der Waals surface area (Å²) in [5.74, 6) is 1.08. The lowest BCUT2D eigenvalue weighted by atomic mass is 10.1. The Morgan fingerprint density at radius 1 is 1.00 bits per heavy atom. The average Bonchev–Trinajstić information content (AvgIpc) is 3.14. The largest absolute Gasteiger partial charge is 0.477 e. The minimum Gasteiger partial charge on any atom is -0.477 e. The lowest BCUT2D eigenvalue weighted by molar-refractivity contribution is 0.185. The molecule has 7 heteroatoms. The van der Waals surface area contributed by atoms with E-state index in [9.17, 15) is 5.21 Å². The lowest BCUT2D eigenvalue weighted by Crippen LogP contribution is -2.07. The van der Waals surface area contributed by atoms with Crippen LogP contribution in [0, 0.1) is 0 Å². The smallest absolute Gasteiger partial charge is 0.221 e. The summed E-state index contributed by atoms with van der Waals surface area (Å²) in [5.41, 5.74) is 4.41. The van der Waals surface area contributed by atoms with Gasteiger partial charge in [0.25, 0.3) is 0 Å². The fraction of sp³-hybridized carbons (Fsp3) is 0.0909. The number of fused-ring (bicyclic) bond motifs is 3. The molecule has 0 aliphatic carbocycles. The van der Waals surface area contributed by atoms with Gasteiger partial charge in [-0.25, -0.2) is 19.9 Å². The minimum atomic E-state index is 0.412. The van der Waals surface area contributed by atoms with E-state index in [4.69, 9.17) is 4.74 Å². The number of para-hydroxylation sites is 1. The summed E-state index contributed by atoms with van der Waals surface area (Å²) in [6.45, 7) is 0.412. The highest BCUT2D eigenvalue weighted by atomic mass is 16.5. The molecule has 0 radical (unpaired) electrons. The van der Waals surface area contributed by atoms with Gasteiger partial charge in [0.1, 0.15) is 6.33 Å². The summed E-state index contributed by atoms with van der Waals surface area (Å²) < 4.78 is 7.02. The van der Waals surface area contributed by atoms with Crippen molar-refractivity contribution in [1.29, 1.82) is 0 Å². The molecule has 7 nitrogen and oxygen atoms in total.